The number of benzene rings is 1. The van der Waals surface area contributed by atoms with Crippen LogP contribution in [0, 0.1) is 0 Å². The summed E-state index contributed by atoms with van der Waals surface area (Å²) >= 11 is 0. The van der Waals surface area contributed by atoms with Gasteiger partial charge in [-0.15, -0.1) is 0 Å². The SMILES string of the molecule is COc1ccc(S(=O)(=O)NC(=O)NC2CCCCCC2)cc1. The van der Waals surface area contributed by atoms with Gasteiger partial charge in [0.05, 0.1) is 12.0 Å². The highest BCUT2D eigenvalue weighted by Gasteiger charge is 2.20. The number of hydrogen-bond acceptors (Lipinski definition) is 4. The molecule has 0 saturated heterocycles. The van der Waals surface area contributed by atoms with Crippen molar-refractivity contribution in [3.63, 3.8) is 0 Å². The Morgan fingerprint density at radius 2 is 1.68 bits per heavy atom. The Balaban J connectivity index is 1.96. The zero-order valence-electron chi connectivity index (χ0n) is 12.7. The minimum absolute atomic E-state index is 0.0318. The number of carbonyl (C=O) groups excluding carboxylic acids is 1. The predicted molar refractivity (Wildman–Crippen MR) is 83.3 cm³/mol. The van der Waals surface area contributed by atoms with Gasteiger partial charge in [0.1, 0.15) is 5.75 Å². The summed E-state index contributed by atoms with van der Waals surface area (Å²) in [5, 5.41) is 2.75. The Labute approximate surface area is 131 Å². The van der Waals surface area contributed by atoms with Crippen molar-refractivity contribution in [2.24, 2.45) is 0 Å². The molecule has 0 spiro atoms. The molecular weight excluding hydrogens is 304 g/mol. The molecule has 1 aromatic carbocycles. The van der Waals surface area contributed by atoms with E-state index in [2.05, 4.69) is 10.0 Å². The van der Waals surface area contributed by atoms with Crippen molar-refractivity contribution >= 4 is 16.1 Å². The predicted octanol–water partition coefficient (Wildman–Crippen LogP) is 2.41. The number of nitrogens with one attached hydrogen (secondary N) is 2. The number of methoxy groups -OCH3 is 1. The molecule has 0 aliphatic heterocycles. The highest BCUT2D eigenvalue weighted by atomic mass is 32.2. The maximum absolute atomic E-state index is 12.1. The zero-order chi connectivity index (χ0) is 16.0. The van der Waals surface area contributed by atoms with E-state index in [9.17, 15) is 13.2 Å². The summed E-state index contributed by atoms with van der Waals surface area (Å²) in [5.41, 5.74) is 0. The summed E-state index contributed by atoms with van der Waals surface area (Å²) in [6.45, 7) is 0. The van der Waals surface area contributed by atoms with Gasteiger partial charge in [-0.05, 0) is 37.1 Å². The molecule has 6 nitrogen and oxygen atoms in total. The molecule has 1 aliphatic carbocycles. The molecule has 0 radical (unpaired) electrons. The third-order valence-corrected chi connectivity index (χ3v) is 5.13. The van der Waals surface area contributed by atoms with Crippen LogP contribution in [0.25, 0.3) is 0 Å². The van der Waals surface area contributed by atoms with E-state index >= 15 is 0 Å². The van der Waals surface area contributed by atoms with Crippen LogP contribution in [-0.4, -0.2) is 27.6 Å². The van der Waals surface area contributed by atoms with E-state index < -0.39 is 16.1 Å². The van der Waals surface area contributed by atoms with Crippen molar-refractivity contribution in [3.05, 3.63) is 24.3 Å². The van der Waals surface area contributed by atoms with Crippen LogP contribution in [0.2, 0.25) is 0 Å². The quantitative estimate of drug-likeness (QED) is 0.832. The number of carbonyl (C=O) groups is 1. The van der Waals surface area contributed by atoms with Crippen LogP contribution in [0.15, 0.2) is 29.2 Å². The van der Waals surface area contributed by atoms with Gasteiger partial charge >= 0.3 is 6.03 Å². The molecule has 0 atom stereocenters. The number of rotatable bonds is 4. The van der Waals surface area contributed by atoms with E-state index in [1.165, 1.54) is 44.2 Å². The lowest BCUT2D eigenvalue weighted by atomic mass is 10.1. The number of urea groups is 1. The number of ether oxygens (including phenoxy) is 1. The molecule has 0 bridgehead atoms. The Kier molecular flexibility index (Phi) is 5.65. The summed E-state index contributed by atoms with van der Waals surface area (Å²) in [6, 6.07) is 5.27. The fourth-order valence-electron chi connectivity index (χ4n) is 2.57. The number of hydrogen-bond donors (Lipinski definition) is 2. The second-order valence-corrected chi connectivity index (χ2v) is 7.13. The third kappa shape index (κ3) is 4.62. The second-order valence-electron chi connectivity index (χ2n) is 5.44. The molecular formula is C15H22N2O4S. The molecule has 2 N–H and O–H groups in total. The first kappa shape index (κ1) is 16.6. The van der Waals surface area contributed by atoms with Crippen molar-refractivity contribution in [1.29, 1.82) is 0 Å². The lowest BCUT2D eigenvalue weighted by molar-refractivity contribution is 0.240. The molecule has 1 aromatic rings. The van der Waals surface area contributed by atoms with Crippen LogP contribution in [0.3, 0.4) is 0 Å². The minimum atomic E-state index is -3.86. The summed E-state index contributed by atoms with van der Waals surface area (Å²) in [7, 11) is -2.36. The smallest absolute Gasteiger partial charge is 0.328 e. The summed E-state index contributed by atoms with van der Waals surface area (Å²) < 4.78 is 31.3. The largest absolute Gasteiger partial charge is 0.497 e. The van der Waals surface area contributed by atoms with Crippen molar-refractivity contribution < 1.29 is 17.9 Å². The van der Waals surface area contributed by atoms with E-state index in [1.807, 2.05) is 0 Å². The van der Waals surface area contributed by atoms with E-state index in [-0.39, 0.29) is 10.9 Å². The normalized spacial score (nSPS) is 16.6. The van der Waals surface area contributed by atoms with Crippen LogP contribution in [0.1, 0.15) is 38.5 Å². The van der Waals surface area contributed by atoms with Gasteiger partial charge in [0.2, 0.25) is 0 Å². The van der Waals surface area contributed by atoms with Gasteiger partial charge in [0.25, 0.3) is 10.0 Å². The monoisotopic (exact) mass is 326 g/mol. The van der Waals surface area contributed by atoms with Crippen LogP contribution >= 0.6 is 0 Å². The van der Waals surface area contributed by atoms with E-state index in [4.69, 9.17) is 4.74 Å². The van der Waals surface area contributed by atoms with Crippen LogP contribution in [0.5, 0.6) is 5.75 Å². The molecule has 1 saturated carbocycles. The highest BCUT2D eigenvalue weighted by Crippen LogP contribution is 2.18. The standard InChI is InChI=1S/C15H22N2O4S/c1-21-13-8-10-14(11-9-13)22(19,20)17-15(18)16-12-6-4-2-3-5-7-12/h8-12H,2-7H2,1H3,(H2,16,17,18). The van der Waals surface area contributed by atoms with Gasteiger partial charge in [-0.2, -0.15) is 0 Å². The fraction of sp³-hybridized carbons (Fsp3) is 0.533. The average Bonchev–Trinajstić information content (AvgIpc) is 2.75. The maximum atomic E-state index is 12.1. The second kappa shape index (κ2) is 7.49. The van der Waals surface area contributed by atoms with E-state index in [0.717, 1.165) is 25.7 Å². The van der Waals surface area contributed by atoms with Crippen LogP contribution in [-0.2, 0) is 10.0 Å². The Morgan fingerprint density at radius 1 is 1.09 bits per heavy atom. The highest BCUT2D eigenvalue weighted by molar-refractivity contribution is 7.90. The molecule has 122 valence electrons. The Hall–Kier alpha value is -1.76. The molecule has 22 heavy (non-hydrogen) atoms. The lowest BCUT2D eigenvalue weighted by Gasteiger charge is -2.16. The third-order valence-electron chi connectivity index (χ3n) is 3.79. The van der Waals surface area contributed by atoms with Gasteiger partial charge in [-0.1, -0.05) is 25.7 Å². The van der Waals surface area contributed by atoms with Crippen molar-refractivity contribution in [1.82, 2.24) is 10.0 Å². The van der Waals surface area contributed by atoms with Crippen molar-refractivity contribution in [2.75, 3.05) is 7.11 Å². The molecule has 2 amide bonds. The molecule has 1 fully saturated rings. The lowest BCUT2D eigenvalue weighted by Crippen LogP contribution is -2.44. The summed E-state index contributed by atoms with van der Waals surface area (Å²) in [4.78, 5) is 11.9. The van der Waals surface area contributed by atoms with Crippen molar-refractivity contribution in [2.45, 2.75) is 49.5 Å². The average molecular weight is 326 g/mol. The molecule has 7 heteroatoms. The molecule has 0 unspecified atom stereocenters. The Bertz CT molecular complexity index is 590. The molecule has 1 aliphatic rings. The molecule has 2 rings (SSSR count). The van der Waals surface area contributed by atoms with Crippen LogP contribution < -0.4 is 14.8 Å². The Morgan fingerprint density at radius 3 is 2.23 bits per heavy atom. The molecule has 0 aromatic heterocycles. The van der Waals surface area contributed by atoms with Crippen molar-refractivity contribution in [3.8, 4) is 5.75 Å². The van der Waals surface area contributed by atoms with Crippen LogP contribution in [0.4, 0.5) is 4.79 Å². The minimum Gasteiger partial charge on any atom is -0.497 e. The topological polar surface area (TPSA) is 84.5 Å². The maximum Gasteiger partial charge on any atom is 0.328 e. The first-order chi connectivity index (χ1) is 10.5. The first-order valence-corrected chi connectivity index (χ1v) is 8.97. The fourth-order valence-corrected chi connectivity index (χ4v) is 3.49. The van der Waals surface area contributed by atoms with Gasteiger partial charge < -0.3 is 10.1 Å². The van der Waals surface area contributed by atoms with Gasteiger partial charge in [0.15, 0.2) is 0 Å². The van der Waals surface area contributed by atoms with Gasteiger partial charge in [-0.3, -0.25) is 0 Å². The van der Waals surface area contributed by atoms with Gasteiger partial charge in [0, 0.05) is 6.04 Å². The number of amides is 2. The molecule has 0 heterocycles. The van der Waals surface area contributed by atoms with E-state index in [0.29, 0.717) is 5.75 Å². The summed E-state index contributed by atoms with van der Waals surface area (Å²) in [5.74, 6) is 0.557. The van der Waals surface area contributed by atoms with Gasteiger partial charge in [-0.25, -0.2) is 17.9 Å². The number of sulfonamides is 1. The summed E-state index contributed by atoms with van der Waals surface area (Å²) in [6.07, 6.45) is 6.27. The van der Waals surface area contributed by atoms with E-state index in [1.54, 1.807) is 0 Å². The zero-order valence-corrected chi connectivity index (χ0v) is 13.5. The first-order valence-electron chi connectivity index (χ1n) is 7.48.